The molecule has 2 heteroatoms. The molecule has 1 rings (SSSR count). The van der Waals surface area contributed by atoms with E-state index >= 15 is 0 Å². The maximum absolute atomic E-state index is 3.97. The number of rotatable bonds is 1. The van der Waals surface area contributed by atoms with E-state index in [-0.39, 0.29) is 51.4 Å². The van der Waals surface area contributed by atoms with E-state index in [0.29, 0.717) is 0 Å². The smallest absolute Gasteiger partial charge is 0.347 e. The van der Waals surface area contributed by atoms with Crippen molar-refractivity contribution in [1.82, 2.24) is 4.48 Å². The van der Waals surface area contributed by atoms with Crippen molar-refractivity contribution < 1.29 is 51.4 Å². The van der Waals surface area contributed by atoms with Crippen molar-refractivity contribution in [2.75, 3.05) is 21.1 Å². The summed E-state index contributed by atoms with van der Waals surface area (Å²) in [5.74, 6) is 0. The normalized spacial score (nSPS) is 10.6. The molecule has 0 fully saturated rings. The molecule has 0 saturated carbocycles. The van der Waals surface area contributed by atoms with Gasteiger partial charge in [-0.2, -0.15) is 13.0 Å². The second kappa shape index (κ2) is 4.79. The van der Waals surface area contributed by atoms with Crippen molar-refractivity contribution in [1.29, 1.82) is 0 Å². The maximum atomic E-state index is 3.97. The fourth-order valence-corrected chi connectivity index (χ4v) is 1.17. The van der Waals surface area contributed by atoms with Crippen molar-refractivity contribution >= 4 is 5.69 Å². The molecule has 12 heavy (non-hydrogen) atoms. The number of hydrogen-bond donors (Lipinski definition) is 0. The van der Waals surface area contributed by atoms with Crippen molar-refractivity contribution in [3.8, 4) is 0 Å². The first kappa shape index (κ1) is 12.7. The summed E-state index contributed by atoms with van der Waals surface area (Å²) in [5, 5.41) is 0. The molecular formula is C10H15KN+. The summed E-state index contributed by atoms with van der Waals surface area (Å²) in [5.41, 5.74) is 2.38. The molecule has 0 aliphatic carbocycles. The monoisotopic (exact) mass is 188 g/mol. The fraction of sp³-hybridized carbons (Fsp3) is 0.300. The summed E-state index contributed by atoms with van der Waals surface area (Å²) < 4.78 is 0.833. The van der Waals surface area contributed by atoms with E-state index in [1.165, 1.54) is 5.69 Å². The van der Waals surface area contributed by atoms with Gasteiger partial charge in [0.2, 0.25) is 0 Å². The molecule has 60 valence electrons. The molecule has 1 aromatic rings. The number of quaternary nitrogens is 1. The Morgan fingerprint density at radius 3 is 1.92 bits per heavy atom. The minimum absolute atomic E-state index is 0. The van der Waals surface area contributed by atoms with E-state index in [2.05, 4.69) is 34.1 Å². The van der Waals surface area contributed by atoms with Crippen molar-refractivity contribution in [3.63, 3.8) is 0 Å². The number of para-hydroxylation sites is 1. The Hall–Kier alpha value is 0.686. The second-order valence-electron chi connectivity index (χ2n) is 3.64. The summed E-state index contributed by atoms with van der Waals surface area (Å²) in [6, 6.07) is 8.22. The minimum Gasteiger partial charge on any atom is -0.347 e. The van der Waals surface area contributed by atoms with Gasteiger partial charge in [-0.05, 0) is 0 Å². The van der Waals surface area contributed by atoms with Gasteiger partial charge in [0.15, 0.2) is 0 Å². The van der Waals surface area contributed by atoms with Crippen molar-refractivity contribution in [3.05, 3.63) is 36.8 Å². The third-order valence-electron chi connectivity index (χ3n) is 1.71. The van der Waals surface area contributed by atoms with Crippen molar-refractivity contribution in [2.24, 2.45) is 0 Å². The zero-order chi connectivity index (χ0) is 8.48. The first-order valence-electron chi connectivity index (χ1n) is 3.75. The van der Waals surface area contributed by atoms with Crippen LogP contribution in [-0.4, -0.2) is 21.1 Å². The van der Waals surface area contributed by atoms with Gasteiger partial charge in [0.05, 0.1) is 21.1 Å². The van der Waals surface area contributed by atoms with Crippen LogP contribution in [0.3, 0.4) is 0 Å². The van der Waals surface area contributed by atoms with Crippen LogP contribution in [0.15, 0.2) is 24.3 Å². The van der Waals surface area contributed by atoms with Crippen LogP contribution in [0.25, 0.3) is 0 Å². The molecule has 0 aliphatic rings. The minimum atomic E-state index is 0. The predicted molar refractivity (Wildman–Crippen MR) is 50.5 cm³/mol. The number of nitrogens with zero attached hydrogens (tertiary/aromatic N) is 1. The number of benzene rings is 1. The Bertz CT molecular complexity index is 250. The summed E-state index contributed by atoms with van der Waals surface area (Å²) in [6.07, 6.45) is 0. The van der Waals surface area contributed by atoms with Crippen LogP contribution in [0, 0.1) is 6.92 Å². The Kier molecular flexibility index (Phi) is 5.07. The predicted octanol–water partition coefficient (Wildman–Crippen LogP) is -0.931. The average Bonchev–Trinajstić information content (AvgIpc) is 1.86. The second-order valence-corrected chi connectivity index (χ2v) is 3.64. The molecule has 0 unspecified atom stereocenters. The fourth-order valence-electron chi connectivity index (χ4n) is 1.17. The number of hydrogen-bond acceptors (Lipinski definition) is 0. The third-order valence-corrected chi connectivity index (χ3v) is 1.71. The van der Waals surface area contributed by atoms with E-state index in [1.807, 2.05) is 18.2 Å². The van der Waals surface area contributed by atoms with Gasteiger partial charge in [-0.3, -0.25) is 0 Å². The Labute approximate surface area is 118 Å². The molecule has 0 radical (unpaired) electrons. The van der Waals surface area contributed by atoms with E-state index in [0.717, 1.165) is 10.0 Å². The van der Waals surface area contributed by atoms with E-state index < -0.39 is 0 Å². The maximum Gasteiger partial charge on any atom is 1.00 e. The zero-order valence-electron chi connectivity index (χ0n) is 8.46. The molecule has 0 spiro atoms. The SMILES string of the molecule is [CH2-]c1ccccc1[N+](C)(C)C.[K+]. The Morgan fingerprint density at radius 1 is 1.08 bits per heavy atom. The molecule has 0 bridgehead atoms. The van der Waals surface area contributed by atoms with Crippen LogP contribution in [0.1, 0.15) is 5.56 Å². The van der Waals surface area contributed by atoms with Gasteiger partial charge in [-0.25, -0.2) is 0 Å². The molecule has 1 nitrogen and oxygen atoms in total. The third kappa shape index (κ3) is 3.21. The topological polar surface area (TPSA) is 0 Å². The van der Waals surface area contributed by atoms with Gasteiger partial charge in [0.25, 0.3) is 0 Å². The quantitative estimate of drug-likeness (QED) is 0.303. The van der Waals surface area contributed by atoms with Gasteiger partial charge in [0, 0.05) is 5.69 Å². The zero-order valence-corrected chi connectivity index (χ0v) is 11.6. The van der Waals surface area contributed by atoms with Gasteiger partial charge in [-0.15, -0.1) is 11.6 Å². The molecule has 1 aromatic carbocycles. The Balaban J connectivity index is 0.00000121. The summed E-state index contributed by atoms with van der Waals surface area (Å²) in [4.78, 5) is 0. The summed E-state index contributed by atoms with van der Waals surface area (Å²) in [7, 11) is 6.43. The molecule has 0 aliphatic heterocycles. The van der Waals surface area contributed by atoms with Crippen LogP contribution in [-0.2, 0) is 0 Å². The van der Waals surface area contributed by atoms with E-state index in [1.54, 1.807) is 0 Å². The Morgan fingerprint density at radius 2 is 1.58 bits per heavy atom. The molecule has 0 N–H and O–H groups in total. The molecule has 0 saturated heterocycles. The van der Waals surface area contributed by atoms with Crippen LogP contribution < -0.4 is 55.9 Å². The summed E-state index contributed by atoms with van der Waals surface area (Å²) >= 11 is 0. The molecular weight excluding hydrogens is 173 g/mol. The van der Waals surface area contributed by atoms with Gasteiger partial charge < -0.3 is 4.48 Å². The van der Waals surface area contributed by atoms with Crippen LogP contribution >= 0.6 is 0 Å². The van der Waals surface area contributed by atoms with E-state index in [4.69, 9.17) is 0 Å². The summed E-state index contributed by atoms with van der Waals surface area (Å²) in [6.45, 7) is 3.97. The first-order chi connectivity index (χ1) is 5.02. The molecule has 0 amide bonds. The van der Waals surface area contributed by atoms with Gasteiger partial charge in [-0.1, -0.05) is 12.1 Å². The van der Waals surface area contributed by atoms with Gasteiger partial charge >= 0.3 is 51.4 Å². The van der Waals surface area contributed by atoms with E-state index in [9.17, 15) is 0 Å². The van der Waals surface area contributed by atoms with Crippen LogP contribution in [0.5, 0.6) is 0 Å². The van der Waals surface area contributed by atoms with Crippen molar-refractivity contribution in [2.45, 2.75) is 0 Å². The average molecular weight is 188 g/mol. The van der Waals surface area contributed by atoms with Gasteiger partial charge in [0.1, 0.15) is 0 Å². The molecule has 0 heterocycles. The molecule has 0 atom stereocenters. The van der Waals surface area contributed by atoms with Crippen LogP contribution in [0.4, 0.5) is 5.69 Å². The largest absolute Gasteiger partial charge is 1.00 e. The standard InChI is InChI=1S/C10H15N.K/c1-9-7-5-6-8-10(9)11(2,3)4;/h5-8H,1H2,2-4H3;/q;+1. The van der Waals surface area contributed by atoms with Crippen LogP contribution in [0.2, 0.25) is 0 Å². The first-order valence-corrected chi connectivity index (χ1v) is 3.75. The molecule has 0 aromatic heterocycles.